The summed E-state index contributed by atoms with van der Waals surface area (Å²) in [5.41, 5.74) is 4.07. The predicted molar refractivity (Wildman–Crippen MR) is 183 cm³/mol. The molecule has 2 heterocycles. The normalized spacial score (nSPS) is 26.5. The molecule has 0 saturated heterocycles. The highest BCUT2D eigenvalue weighted by atomic mass is 16.5. The smallest absolute Gasteiger partial charge is 0.163 e. The Balaban J connectivity index is 1.21. The van der Waals surface area contributed by atoms with Crippen LogP contribution in [0.2, 0.25) is 0 Å². The summed E-state index contributed by atoms with van der Waals surface area (Å²) in [7, 11) is 0. The maximum absolute atomic E-state index is 13.6. The van der Waals surface area contributed by atoms with E-state index in [0.29, 0.717) is 86.5 Å². The van der Waals surface area contributed by atoms with Crippen molar-refractivity contribution in [3.63, 3.8) is 0 Å². The van der Waals surface area contributed by atoms with E-state index < -0.39 is 0 Å². The lowest BCUT2D eigenvalue weighted by Crippen LogP contribution is -2.39. The first-order valence-electron chi connectivity index (χ1n) is 17.8. The minimum Gasteiger partial charge on any atom is -0.465 e. The van der Waals surface area contributed by atoms with Crippen LogP contribution in [0.5, 0.6) is 0 Å². The molecule has 6 aliphatic rings. The van der Waals surface area contributed by atoms with E-state index >= 15 is 0 Å². The summed E-state index contributed by atoms with van der Waals surface area (Å²) in [5.74, 6) is 2.69. The molecule has 0 spiro atoms. The van der Waals surface area contributed by atoms with Gasteiger partial charge in [-0.3, -0.25) is 19.2 Å². The fourth-order valence-electron chi connectivity index (χ4n) is 9.31. The number of hydrogen-bond donors (Lipinski definition) is 0. The van der Waals surface area contributed by atoms with Crippen molar-refractivity contribution in [2.75, 3.05) is 0 Å². The average molecular weight is 651 g/mol. The van der Waals surface area contributed by atoms with E-state index in [0.717, 1.165) is 34.2 Å². The van der Waals surface area contributed by atoms with Crippen LogP contribution in [-0.4, -0.2) is 23.1 Å². The molecule has 0 amide bonds. The number of allylic oxidation sites excluding steroid dienone is 8. The molecule has 48 heavy (non-hydrogen) atoms. The minimum absolute atomic E-state index is 0.0837. The van der Waals surface area contributed by atoms with E-state index in [2.05, 4.69) is 79.7 Å². The van der Waals surface area contributed by atoms with Crippen molar-refractivity contribution < 1.29 is 28.7 Å². The number of ether oxygens (including phenoxy) is 2. The molecule has 0 bridgehead atoms. The summed E-state index contributed by atoms with van der Waals surface area (Å²) in [5, 5.41) is 0. The largest absolute Gasteiger partial charge is 0.465 e. The molecule has 6 heteroatoms. The second-order valence-corrected chi connectivity index (χ2v) is 18.6. The molecule has 0 unspecified atom stereocenters. The van der Waals surface area contributed by atoms with Gasteiger partial charge >= 0.3 is 0 Å². The van der Waals surface area contributed by atoms with E-state index in [1.165, 1.54) is 0 Å². The molecule has 4 aliphatic carbocycles. The Morgan fingerprint density at radius 2 is 0.667 bits per heavy atom. The van der Waals surface area contributed by atoms with Crippen LogP contribution in [0.15, 0.2) is 69.6 Å². The van der Waals surface area contributed by atoms with Crippen LogP contribution in [0.4, 0.5) is 0 Å². The van der Waals surface area contributed by atoms with Gasteiger partial charge in [-0.15, -0.1) is 0 Å². The summed E-state index contributed by atoms with van der Waals surface area (Å²) in [4.78, 5) is 54.6. The van der Waals surface area contributed by atoms with Crippen LogP contribution >= 0.6 is 0 Å². The van der Waals surface area contributed by atoms with E-state index in [1.54, 1.807) is 0 Å². The lowest BCUT2D eigenvalue weighted by molar-refractivity contribution is -0.122. The Kier molecular flexibility index (Phi) is 7.55. The van der Waals surface area contributed by atoms with Gasteiger partial charge in [-0.05, 0) is 45.6 Å². The Labute approximate surface area is 285 Å². The molecule has 7 rings (SSSR count). The van der Waals surface area contributed by atoms with Crippen molar-refractivity contribution in [1.82, 2.24) is 0 Å². The molecular formula is C42H50O6. The van der Waals surface area contributed by atoms with Gasteiger partial charge in [-0.25, -0.2) is 0 Å². The minimum atomic E-state index is -0.316. The number of rotatable bonds is 4. The highest BCUT2D eigenvalue weighted by molar-refractivity contribution is 6.05. The van der Waals surface area contributed by atoms with E-state index in [9.17, 15) is 19.2 Å². The first-order valence-corrected chi connectivity index (χ1v) is 17.8. The third-order valence-corrected chi connectivity index (χ3v) is 11.3. The molecule has 1 aromatic carbocycles. The number of ketones is 4. The zero-order valence-corrected chi connectivity index (χ0v) is 30.0. The lowest BCUT2D eigenvalue weighted by atomic mass is 9.65. The van der Waals surface area contributed by atoms with Crippen LogP contribution in [0, 0.1) is 33.5 Å². The Morgan fingerprint density at radius 1 is 0.438 bits per heavy atom. The van der Waals surface area contributed by atoms with E-state index in [4.69, 9.17) is 9.47 Å². The van der Waals surface area contributed by atoms with Crippen molar-refractivity contribution in [3.05, 3.63) is 80.7 Å². The highest BCUT2D eigenvalue weighted by Crippen LogP contribution is 2.53. The number of Topliss-reactive ketones (excluding diaryl/α,β-unsaturated/α-hetero) is 4. The van der Waals surface area contributed by atoms with Crippen molar-refractivity contribution in [3.8, 4) is 0 Å². The molecular weight excluding hydrogens is 600 g/mol. The average Bonchev–Trinajstić information content (AvgIpc) is 2.90. The monoisotopic (exact) mass is 650 g/mol. The Morgan fingerprint density at radius 3 is 0.896 bits per heavy atom. The SMILES string of the molecule is CC1(C)CC(=O)C2=C(C1)OC1=C(C(=O)CC(C)(C)C1)C2Cc1ccc(CC2C3=C(CC(C)(C)CC3=O)OC3=C2C(=O)CC(C)(C)C3)cc1. The van der Waals surface area contributed by atoms with Gasteiger partial charge in [0.2, 0.25) is 0 Å². The first-order chi connectivity index (χ1) is 22.3. The van der Waals surface area contributed by atoms with Crippen LogP contribution in [0.25, 0.3) is 0 Å². The van der Waals surface area contributed by atoms with Gasteiger partial charge < -0.3 is 9.47 Å². The predicted octanol–water partition coefficient (Wildman–Crippen LogP) is 8.64. The molecule has 0 saturated carbocycles. The molecule has 0 aromatic heterocycles. The number of benzene rings is 1. The first kappa shape index (κ1) is 33.0. The molecule has 254 valence electrons. The molecule has 1 aromatic rings. The van der Waals surface area contributed by atoms with Gasteiger partial charge in [0, 0.05) is 85.5 Å². The van der Waals surface area contributed by atoms with Crippen LogP contribution in [-0.2, 0) is 41.5 Å². The van der Waals surface area contributed by atoms with Gasteiger partial charge in [0.25, 0.3) is 0 Å². The number of carbonyl (C=O) groups excluding carboxylic acids is 4. The summed E-state index contributed by atoms with van der Waals surface area (Å²) < 4.78 is 12.9. The molecule has 2 aliphatic heterocycles. The quantitative estimate of drug-likeness (QED) is 0.324. The van der Waals surface area contributed by atoms with Crippen molar-refractivity contribution in [2.24, 2.45) is 33.5 Å². The van der Waals surface area contributed by atoms with Crippen LogP contribution < -0.4 is 0 Å². The van der Waals surface area contributed by atoms with Crippen LogP contribution in [0.3, 0.4) is 0 Å². The fourth-order valence-corrected chi connectivity index (χ4v) is 9.31. The summed E-state index contributed by atoms with van der Waals surface area (Å²) in [6, 6.07) is 8.34. The Bertz CT molecular complexity index is 1550. The van der Waals surface area contributed by atoms with Gasteiger partial charge in [0.15, 0.2) is 23.1 Å². The van der Waals surface area contributed by atoms with E-state index in [1.807, 2.05) is 0 Å². The maximum Gasteiger partial charge on any atom is 0.163 e. The van der Waals surface area contributed by atoms with Gasteiger partial charge in [0.05, 0.1) is 0 Å². The summed E-state index contributed by atoms with van der Waals surface area (Å²) >= 11 is 0. The maximum atomic E-state index is 13.6. The zero-order chi connectivity index (χ0) is 34.6. The molecule has 0 N–H and O–H groups in total. The third-order valence-electron chi connectivity index (χ3n) is 11.3. The third kappa shape index (κ3) is 5.98. The number of hydrogen-bond acceptors (Lipinski definition) is 6. The second-order valence-electron chi connectivity index (χ2n) is 18.6. The van der Waals surface area contributed by atoms with Gasteiger partial charge in [-0.1, -0.05) is 79.7 Å². The highest BCUT2D eigenvalue weighted by Gasteiger charge is 2.49. The topological polar surface area (TPSA) is 86.7 Å². The summed E-state index contributed by atoms with van der Waals surface area (Å²) in [6.45, 7) is 16.8. The van der Waals surface area contributed by atoms with Crippen molar-refractivity contribution >= 4 is 23.1 Å². The Hall–Kier alpha value is -3.54. The molecule has 0 radical (unpaired) electrons. The van der Waals surface area contributed by atoms with Crippen molar-refractivity contribution in [2.45, 2.75) is 120 Å². The molecule has 0 atom stereocenters. The molecule has 6 nitrogen and oxygen atoms in total. The zero-order valence-electron chi connectivity index (χ0n) is 30.0. The van der Waals surface area contributed by atoms with Gasteiger partial charge in [0.1, 0.15) is 23.0 Å². The number of carbonyl (C=O) groups is 4. The standard InChI is InChI=1S/C42H50O6/c1-39(2)15-27(43)35-25(36-28(44)16-40(3,4)20-32(36)47-31(35)19-39)13-23-9-11-24(12-10-23)14-26-37-29(45)17-41(5,6)21-33(37)48-34-22-42(7,8)18-30(46)38(26)34/h9-12,25-26H,13-22H2,1-8H3. The van der Waals surface area contributed by atoms with Crippen LogP contribution in [0.1, 0.15) is 118 Å². The second kappa shape index (κ2) is 11.0. The summed E-state index contributed by atoms with van der Waals surface area (Å²) in [6.07, 6.45) is 5.59. The lowest BCUT2D eigenvalue weighted by Gasteiger charge is -2.43. The van der Waals surface area contributed by atoms with Crippen molar-refractivity contribution in [1.29, 1.82) is 0 Å². The van der Waals surface area contributed by atoms with Gasteiger partial charge in [-0.2, -0.15) is 0 Å². The van der Waals surface area contributed by atoms with E-state index in [-0.39, 0.29) is 56.6 Å². The molecule has 0 fully saturated rings. The fraction of sp³-hybridized carbons (Fsp3) is 0.571.